The Morgan fingerprint density at radius 3 is 2.24 bits per heavy atom. The number of ether oxygens (including phenoxy) is 3. The van der Waals surface area contributed by atoms with Crippen LogP contribution in [0.5, 0.6) is 0 Å². The SMILES string of the molecule is COC[C@H](CC(=O)[C@H](COC)NC(=O)c1cnc(C)s1)C(=O)N[C@@H](Cc1ccccc1)C(=O)[C@](C)(O)COC(C)=O. The lowest BCUT2D eigenvalue weighted by Crippen LogP contribution is -2.55. The molecule has 0 unspecified atom stereocenters. The number of aliphatic hydroxyl groups is 1. The minimum Gasteiger partial charge on any atom is -0.462 e. The van der Waals surface area contributed by atoms with Crippen LogP contribution in [0.1, 0.15) is 40.5 Å². The van der Waals surface area contributed by atoms with Crippen molar-refractivity contribution in [3.8, 4) is 0 Å². The van der Waals surface area contributed by atoms with Crippen LogP contribution in [0.2, 0.25) is 0 Å². The summed E-state index contributed by atoms with van der Waals surface area (Å²) in [4.78, 5) is 68.2. The van der Waals surface area contributed by atoms with E-state index < -0.39 is 59.6 Å². The van der Waals surface area contributed by atoms with Gasteiger partial charge in [-0.2, -0.15) is 0 Å². The zero-order chi connectivity index (χ0) is 30.6. The monoisotopic (exact) mass is 591 g/mol. The maximum atomic E-state index is 13.4. The minimum atomic E-state index is -2.09. The molecule has 1 aromatic carbocycles. The summed E-state index contributed by atoms with van der Waals surface area (Å²) >= 11 is 1.17. The third-order valence-electron chi connectivity index (χ3n) is 6.06. The highest BCUT2D eigenvalue weighted by atomic mass is 32.1. The van der Waals surface area contributed by atoms with E-state index in [0.29, 0.717) is 15.4 Å². The fourth-order valence-corrected chi connectivity index (χ4v) is 4.61. The van der Waals surface area contributed by atoms with Gasteiger partial charge in [-0.15, -0.1) is 11.3 Å². The van der Waals surface area contributed by atoms with Crippen molar-refractivity contribution >= 4 is 40.7 Å². The van der Waals surface area contributed by atoms with Gasteiger partial charge in [-0.25, -0.2) is 4.98 Å². The maximum absolute atomic E-state index is 13.4. The number of benzene rings is 1. The largest absolute Gasteiger partial charge is 0.462 e. The summed E-state index contributed by atoms with van der Waals surface area (Å²) in [6.07, 6.45) is 1.11. The van der Waals surface area contributed by atoms with Crippen LogP contribution in [-0.2, 0) is 39.8 Å². The fourth-order valence-electron chi connectivity index (χ4n) is 3.93. The van der Waals surface area contributed by atoms with Crippen molar-refractivity contribution < 1.29 is 43.3 Å². The maximum Gasteiger partial charge on any atom is 0.302 e. The molecule has 4 atom stereocenters. The van der Waals surface area contributed by atoms with E-state index in [-0.39, 0.29) is 26.1 Å². The smallest absolute Gasteiger partial charge is 0.302 e. The molecule has 1 heterocycles. The first-order chi connectivity index (χ1) is 19.4. The first-order valence-electron chi connectivity index (χ1n) is 12.9. The molecule has 2 aromatic rings. The van der Waals surface area contributed by atoms with Crippen LogP contribution in [0.4, 0.5) is 0 Å². The highest BCUT2D eigenvalue weighted by molar-refractivity contribution is 7.13. The number of esters is 1. The van der Waals surface area contributed by atoms with Crippen LogP contribution >= 0.6 is 11.3 Å². The second-order valence-electron chi connectivity index (χ2n) is 9.72. The van der Waals surface area contributed by atoms with E-state index in [9.17, 15) is 29.1 Å². The lowest BCUT2D eigenvalue weighted by Gasteiger charge is -2.29. The molecule has 0 bridgehead atoms. The number of nitrogens with one attached hydrogen (secondary N) is 2. The standard InChI is InChI=1S/C28H37N3O9S/c1-17-29-13-24(41-17)27(36)31-22(15-39-5)23(33)12-20(14-38-4)26(35)30-21(11-19-9-7-6-8-10-19)25(34)28(3,37)16-40-18(2)32/h6-10,13,20-22,37H,11-12,14-16H2,1-5H3,(H,30,35)(H,31,36)/t20-,21-,22-,28+/m0/s1. The fraction of sp³-hybridized carbons (Fsp3) is 0.500. The number of carbonyl (C=O) groups excluding carboxylic acids is 5. The molecule has 0 saturated heterocycles. The zero-order valence-electron chi connectivity index (χ0n) is 23.8. The van der Waals surface area contributed by atoms with Gasteiger partial charge in [0.25, 0.3) is 5.91 Å². The number of hydrogen-bond donors (Lipinski definition) is 3. The number of carbonyl (C=O) groups is 5. The van der Waals surface area contributed by atoms with Gasteiger partial charge < -0.3 is 30.0 Å². The second kappa shape index (κ2) is 16.1. The summed E-state index contributed by atoms with van der Waals surface area (Å²) in [5.41, 5.74) is -1.39. The summed E-state index contributed by atoms with van der Waals surface area (Å²) < 4.78 is 15.2. The lowest BCUT2D eigenvalue weighted by molar-refractivity contribution is -0.156. The van der Waals surface area contributed by atoms with E-state index in [1.54, 1.807) is 37.3 Å². The summed E-state index contributed by atoms with van der Waals surface area (Å²) in [6.45, 7) is 3.21. The van der Waals surface area contributed by atoms with Crippen LogP contribution < -0.4 is 10.6 Å². The van der Waals surface area contributed by atoms with E-state index in [1.165, 1.54) is 38.7 Å². The number of ketones is 2. The highest BCUT2D eigenvalue weighted by Crippen LogP contribution is 2.16. The molecular weight excluding hydrogens is 554 g/mol. The Kier molecular flexibility index (Phi) is 13.2. The summed E-state index contributed by atoms with van der Waals surface area (Å²) in [5, 5.41) is 16.7. The zero-order valence-corrected chi connectivity index (χ0v) is 24.6. The number of Topliss-reactive ketones (excluding diaryl/α,β-unsaturated/α-hetero) is 2. The number of aryl methyl sites for hydroxylation is 1. The number of hydrogen-bond acceptors (Lipinski definition) is 11. The number of methoxy groups -OCH3 is 2. The molecule has 224 valence electrons. The Hall–Kier alpha value is -3.52. The lowest BCUT2D eigenvalue weighted by atomic mass is 9.90. The molecule has 2 amide bonds. The van der Waals surface area contributed by atoms with Crippen molar-refractivity contribution in [2.75, 3.05) is 34.0 Å². The van der Waals surface area contributed by atoms with Gasteiger partial charge in [0.15, 0.2) is 17.2 Å². The van der Waals surface area contributed by atoms with Gasteiger partial charge >= 0.3 is 5.97 Å². The topological polar surface area (TPSA) is 170 Å². The molecular formula is C28H37N3O9S. The first kappa shape index (κ1) is 33.7. The van der Waals surface area contributed by atoms with Gasteiger partial charge in [-0.05, 0) is 25.8 Å². The molecule has 0 aliphatic heterocycles. The second-order valence-corrected chi connectivity index (χ2v) is 11.0. The summed E-state index contributed by atoms with van der Waals surface area (Å²) in [5.74, 6) is -4.13. The molecule has 0 radical (unpaired) electrons. The van der Waals surface area contributed by atoms with Gasteiger partial charge in [-0.3, -0.25) is 24.0 Å². The molecule has 12 nitrogen and oxygen atoms in total. The normalized spacial score (nSPS) is 14.7. The van der Waals surface area contributed by atoms with Crippen molar-refractivity contribution in [2.45, 2.75) is 51.3 Å². The van der Waals surface area contributed by atoms with Gasteiger partial charge in [0, 0.05) is 27.6 Å². The van der Waals surface area contributed by atoms with E-state index in [1.807, 2.05) is 0 Å². The van der Waals surface area contributed by atoms with Crippen LogP contribution in [0.15, 0.2) is 36.5 Å². The van der Waals surface area contributed by atoms with E-state index in [4.69, 9.17) is 14.2 Å². The Morgan fingerprint density at radius 2 is 1.68 bits per heavy atom. The molecule has 0 aliphatic carbocycles. The summed E-state index contributed by atoms with van der Waals surface area (Å²) in [6, 6.07) is 6.57. The van der Waals surface area contributed by atoms with Crippen LogP contribution in [-0.4, -0.2) is 91.2 Å². The molecule has 2 rings (SSSR count). The van der Waals surface area contributed by atoms with Gasteiger partial charge in [0.05, 0.1) is 36.4 Å². The van der Waals surface area contributed by atoms with E-state index >= 15 is 0 Å². The van der Waals surface area contributed by atoms with Gasteiger partial charge in [0.1, 0.15) is 17.5 Å². The van der Waals surface area contributed by atoms with Crippen LogP contribution in [0, 0.1) is 12.8 Å². The summed E-state index contributed by atoms with van der Waals surface area (Å²) in [7, 11) is 2.74. The predicted octanol–water partition coefficient (Wildman–Crippen LogP) is 1.03. The Bertz CT molecular complexity index is 1200. The number of thiazole rings is 1. The van der Waals surface area contributed by atoms with Crippen molar-refractivity contribution in [1.29, 1.82) is 0 Å². The van der Waals surface area contributed by atoms with Crippen molar-refractivity contribution in [3.63, 3.8) is 0 Å². The number of nitrogens with zero attached hydrogens (tertiary/aromatic N) is 1. The molecule has 41 heavy (non-hydrogen) atoms. The van der Waals surface area contributed by atoms with Crippen molar-refractivity contribution in [1.82, 2.24) is 15.6 Å². The molecule has 3 N–H and O–H groups in total. The van der Waals surface area contributed by atoms with Crippen molar-refractivity contribution in [2.24, 2.45) is 5.92 Å². The van der Waals surface area contributed by atoms with Gasteiger partial charge in [0.2, 0.25) is 5.91 Å². The third kappa shape index (κ3) is 10.8. The van der Waals surface area contributed by atoms with Crippen LogP contribution in [0.25, 0.3) is 0 Å². The van der Waals surface area contributed by atoms with E-state index in [2.05, 4.69) is 15.6 Å². The Morgan fingerprint density at radius 1 is 1.02 bits per heavy atom. The number of aromatic nitrogens is 1. The molecule has 0 fully saturated rings. The predicted molar refractivity (Wildman–Crippen MR) is 149 cm³/mol. The minimum absolute atomic E-state index is 0.0336. The number of amides is 2. The third-order valence-corrected chi connectivity index (χ3v) is 6.97. The molecule has 1 aromatic heterocycles. The van der Waals surface area contributed by atoms with Crippen molar-refractivity contribution in [3.05, 3.63) is 52.0 Å². The average molecular weight is 592 g/mol. The number of rotatable bonds is 17. The Labute approximate surface area is 242 Å². The molecule has 0 spiro atoms. The molecule has 13 heteroatoms. The molecule has 0 saturated carbocycles. The van der Waals surface area contributed by atoms with Crippen LogP contribution in [0.3, 0.4) is 0 Å². The quantitative estimate of drug-likeness (QED) is 0.226. The highest BCUT2D eigenvalue weighted by Gasteiger charge is 2.39. The molecule has 0 aliphatic rings. The average Bonchev–Trinajstić information content (AvgIpc) is 3.37. The first-order valence-corrected chi connectivity index (χ1v) is 13.7. The van der Waals surface area contributed by atoms with E-state index in [0.717, 1.165) is 6.92 Å². The Balaban J connectivity index is 2.22. The van der Waals surface area contributed by atoms with Gasteiger partial charge in [-0.1, -0.05) is 30.3 Å².